The van der Waals surface area contributed by atoms with E-state index < -0.39 is 6.09 Å². The van der Waals surface area contributed by atoms with Gasteiger partial charge < -0.3 is 28.2 Å². The van der Waals surface area contributed by atoms with Gasteiger partial charge in [-0.05, 0) is 50.5 Å². The number of carbonyl (C=O) groups excluding carboxylic acids is 1. The maximum atomic E-state index is 11.4. The Bertz CT molecular complexity index is 727. The van der Waals surface area contributed by atoms with Gasteiger partial charge in [0.15, 0.2) is 0 Å². The number of hydrogen-bond donors (Lipinski definition) is 3. The zero-order valence-corrected chi connectivity index (χ0v) is 15.8. The van der Waals surface area contributed by atoms with Crippen LogP contribution in [-0.2, 0) is 11.3 Å². The summed E-state index contributed by atoms with van der Waals surface area (Å²) in [4.78, 5) is 14.5. The van der Waals surface area contributed by atoms with Crippen LogP contribution in [0.15, 0.2) is 24.3 Å². The Labute approximate surface area is 154 Å². The van der Waals surface area contributed by atoms with Gasteiger partial charge in [0, 0.05) is 6.07 Å². The van der Waals surface area contributed by atoms with E-state index in [2.05, 4.69) is 48.5 Å². The predicted molar refractivity (Wildman–Crippen MR) is 96.0 cm³/mol. The smallest absolute Gasteiger partial charge is 0.411 e. The number of carbonyl (C=O) groups is 1. The Morgan fingerprint density at radius 2 is 1.84 bits per heavy atom. The number of hydrogen-bond acceptors (Lipinski definition) is 4. The quantitative estimate of drug-likeness (QED) is 0.706. The molecule has 0 radical (unpaired) electrons. The van der Waals surface area contributed by atoms with E-state index in [0.29, 0.717) is 24.7 Å². The first-order chi connectivity index (χ1) is 11.4. The lowest BCUT2D eigenvalue weighted by Gasteiger charge is -2.11. The Morgan fingerprint density at radius 1 is 1.20 bits per heavy atom. The van der Waals surface area contributed by atoms with E-state index in [0.717, 1.165) is 5.82 Å². The molecule has 0 aliphatic carbocycles. The summed E-state index contributed by atoms with van der Waals surface area (Å²) >= 11 is 0. The predicted octanol–water partition coefficient (Wildman–Crippen LogP) is 0.193. The van der Waals surface area contributed by atoms with Gasteiger partial charge in [0.05, 0.1) is 13.2 Å². The molecule has 1 amide bonds. The van der Waals surface area contributed by atoms with Crippen LogP contribution in [-0.4, -0.2) is 12.7 Å². The second kappa shape index (κ2) is 9.13. The molecule has 2 rings (SSSR count). The average molecular weight is 365 g/mol. The number of aryl methyl sites for hydroxylation is 3. The molecule has 7 heteroatoms. The highest BCUT2D eigenvalue weighted by Gasteiger charge is 2.11. The van der Waals surface area contributed by atoms with Crippen LogP contribution in [0.25, 0.3) is 0 Å². The van der Waals surface area contributed by atoms with Crippen LogP contribution in [0.4, 0.5) is 22.1 Å². The lowest BCUT2D eigenvalue weighted by atomic mass is 10.00. The van der Waals surface area contributed by atoms with Gasteiger partial charge in [0.2, 0.25) is 11.6 Å². The molecule has 0 bridgehead atoms. The fraction of sp³-hybridized carbons (Fsp3) is 0.333. The number of aromatic amines is 1. The molecule has 0 fully saturated rings. The van der Waals surface area contributed by atoms with E-state index in [9.17, 15) is 4.79 Å². The molecule has 0 spiro atoms. The van der Waals surface area contributed by atoms with Gasteiger partial charge in [-0.3, -0.25) is 5.32 Å². The third kappa shape index (κ3) is 5.53. The van der Waals surface area contributed by atoms with Crippen molar-refractivity contribution in [2.24, 2.45) is 0 Å². The van der Waals surface area contributed by atoms with Crippen molar-refractivity contribution in [3.8, 4) is 0 Å². The summed E-state index contributed by atoms with van der Waals surface area (Å²) in [5.74, 6) is 1.15. The van der Waals surface area contributed by atoms with Crippen molar-refractivity contribution in [1.82, 2.24) is 0 Å². The van der Waals surface area contributed by atoms with Crippen molar-refractivity contribution in [3.05, 3.63) is 46.5 Å². The number of benzene rings is 1. The summed E-state index contributed by atoms with van der Waals surface area (Å²) in [6.45, 7) is 9.07. The number of pyridine rings is 1. The van der Waals surface area contributed by atoms with Crippen molar-refractivity contribution in [1.29, 1.82) is 0 Å². The lowest BCUT2D eigenvalue weighted by molar-refractivity contribution is -0.342. The molecule has 0 saturated carbocycles. The highest BCUT2D eigenvalue weighted by molar-refractivity contribution is 5.87. The summed E-state index contributed by atoms with van der Waals surface area (Å²) < 4.78 is 4.84. The van der Waals surface area contributed by atoms with Gasteiger partial charge in [0.1, 0.15) is 5.69 Å². The fourth-order valence-electron chi connectivity index (χ4n) is 2.67. The van der Waals surface area contributed by atoms with Crippen molar-refractivity contribution < 1.29 is 26.9 Å². The largest absolute Gasteiger partial charge is 1.00 e. The summed E-state index contributed by atoms with van der Waals surface area (Å²) in [6.07, 6.45) is -0.524. The standard InChI is InChI=1S/C18H24N4O2.ClH/c1-5-24-18(23)21-15-6-7-16(22-17(15)19)20-10-14-12(3)8-11(2)9-13(14)4;/h6-9H,5,10H2,1-4H3,(H,21,23)(H3,19,20,22);1H. The van der Waals surface area contributed by atoms with Gasteiger partial charge in [-0.2, -0.15) is 0 Å². The van der Waals surface area contributed by atoms with Crippen LogP contribution in [0, 0.1) is 20.8 Å². The zero-order valence-electron chi connectivity index (χ0n) is 15.0. The first-order valence-electron chi connectivity index (χ1n) is 7.97. The van der Waals surface area contributed by atoms with Crippen LogP contribution >= 0.6 is 0 Å². The third-order valence-corrected chi connectivity index (χ3v) is 3.78. The van der Waals surface area contributed by atoms with Crippen LogP contribution in [0.2, 0.25) is 0 Å². The minimum absolute atomic E-state index is 0. The second-order valence-corrected chi connectivity index (χ2v) is 5.78. The van der Waals surface area contributed by atoms with Crippen LogP contribution in [0.3, 0.4) is 0 Å². The summed E-state index contributed by atoms with van der Waals surface area (Å²) in [7, 11) is 0. The van der Waals surface area contributed by atoms with Gasteiger partial charge >= 0.3 is 6.09 Å². The van der Waals surface area contributed by atoms with Crippen molar-refractivity contribution in [3.63, 3.8) is 0 Å². The molecule has 136 valence electrons. The lowest BCUT2D eigenvalue weighted by Crippen LogP contribution is -3.00. The molecule has 0 atom stereocenters. The molecule has 0 aliphatic rings. The highest BCUT2D eigenvalue weighted by atomic mass is 35.5. The number of amides is 1. The first-order valence-corrected chi connectivity index (χ1v) is 7.97. The number of anilines is 3. The van der Waals surface area contributed by atoms with Crippen LogP contribution < -0.4 is 33.8 Å². The fourth-order valence-corrected chi connectivity index (χ4v) is 2.67. The van der Waals surface area contributed by atoms with E-state index in [1.807, 2.05) is 6.07 Å². The highest BCUT2D eigenvalue weighted by Crippen LogP contribution is 2.19. The number of ether oxygens (including phenoxy) is 1. The SMILES string of the molecule is CCOC(=O)Nc1ccc(NCc2c(C)cc(C)cc2C)[nH+]c1N.[Cl-]. The summed E-state index contributed by atoms with van der Waals surface area (Å²) in [5.41, 5.74) is 11.5. The Morgan fingerprint density at radius 3 is 2.40 bits per heavy atom. The molecule has 0 saturated heterocycles. The second-order valence-electron chi connectivity index (χ2n) is 5.78. The van der Waals surface area contributed by atoms with Gasteiger partial charge in [-0.25, -0.2) is 9.78 Å². The number of nitrogen functional groups attached to an aromatic ring is 1. The number of nitrogens with two attached hydrogens (primary N) is 1. The number of rotatable bonds is 5. The number of halogens is 1. The van der Waals surface area contributed by atoms with Crippen molar-refractivity contribution in [2.75, 3.05) is 23.0 Å². The molecule has 6 nitrogen and oxygen atoms in total. The monoisotopic (exact) mass is 364 g/mol. The Balaban J connectivity index is 0.00000312. The molecule has 5 N–H and O–H groups in total. The summed E-state index contributed by atoms with van der Waals surface area (Å²) in [5, 5.41) is 5.92. The average Bonchev–Trinajstić information content (AvgIpc) is 2.49. The molecule has 0 unspecified atom stereocenters. The maximum Gasteiger partial charge on any atom is 0.411 e. The Hall–Kier alpha value is -2.47. The normalized spacial score (nSPS) is 9.92. The first kappa shape index (κ1) is 20.6. The number of nitrogens with one attached hydrogen (secondary N) is 3. The van der Waals surface area contributed by atoms with Crippen LogP contribution in [0.1, 0.15) is 29.2 Å². The topological polar surface area (TPSA) is 90.5 Å². The van der Waals surface area contributed by atoms with E-state index >= 15 is 0 Å². The van der Waals surface area contributed by atoms with Crippen molar-refractivity contribution in [2.45, 2.75) is 34.2 Å². The Kier molecular flexibility index (Phi) is 7.51. The minimum atomic E-state index is -0.524. The van der Waals surface area contributed by atoms with Gasteiger partial charge in [-0.15, -0.1) is 0 Å². The van der Waals surface area contributed by atoms with E-state index in [1.54, 1.807) is 13.0 Å². The summed E-state index contributed by atoms with van der Waals surface area (Å²) in [6, 6.07) is 7.92. The van der Waals surface area contributed by atoms with Crippen LogP contribution in [0.5, 0.6) is 0 Å². The van der Waals surface area contributed by atoms with Crippen molar-refractivity contribution >= 4 is 23.4 Å². The molecule has 1 aromatic heterocycles. The molecular formula is C18H25ClN4O2. The number of aromatic nitrogens is 1. The minimum Gasteiger partial charge on any atom is -1.00 e. The molecule has 1 heterocycles. The molecule has 1 aromatic carbocycles. The molecular weight excluding hydrogens is 340 g/mol. The van der Waals surface area contributed by atoms with E-state index in [4.69, 9.17) is 10.5 Å². The zero-order chi connectivity index (χ0) is 17.7. The molecule has 2 aromatic rings. The van der Waals surface area contributed by atoms with Gasteiger partial charge in [-0.1, -0.05) is 17.7 Å². The third-order valence-electron chi connectivity index (χ3n) is 3.78. The maximum absolute atomic E-state index is 11.4. The van der Waals surface area contributed by atoms with E-state index in [1.165, 1.54) is 22.3 Å². The molecule has 25 heavy (non-hydrogen) atoms. The molecule has 0 aliphatic heterocycles. The number of H-pyrrole nitrogens is 1. The van der Waals surface area contributed by atoms with E-state index in [-0.39, 0.29) is 12.4 Å². The van der Waals surface area contributed by atoms with Gasteiger partial charge in [0.25, 0.3) is 0 Å².